The number of amides is 1. The van der Waals surface area contributed by atoms with Crippen LogP contribution in [-0.4, -0.2) is 43.2 Å². The number of para-hydroxylation sites is 1. The van der Waals surface area contributed by atoms with Crippen molar-refractivity contribution in [3.05, 3.63) is 81.0 Å². The van der Waals surface area contributed by atoms with Crippen LogP contribution in [0.5, 0.6) is 5.75 Å². The van der Waals surface area contributed by atoms with E-state index in [-0.39, 0.29) is 5.91 Å². The second-order valence-corrected chi connectivity index (χ2v) is 9.04. The van der Waals surface area contributed by atoms with Gasteiger partial charge in [-0.2, -0.15) is 0 Å². The lowest BCUT2D eigenvalue weighted by atomic mass is 10.0. The molecule has 0 aliphatic rings. The van der Waals surface area contributed by atoms with Crippen LogP contribution >= 0.6 is 22.9 Å². The number of hydrogen-bond acceptors (Lipinski definition) is 5. The normalized spacial score (nSPS) is 11.0. The minimum atomic E-state index is -0.0123. The van der Waals surface area contributed by atoms with E-state index in [0.717, 1.165) is 43.9 Å². The molecule has 0 aliphatic carbocycles. The van der Waals surface area contributed by atoms with E-state index in [0.29, 0.717) is 24.7 Å². The highest BCUT2D eigenvalue weighted by Gasteiger charge is 2.22. The first kappa shape index (κ1) is 23.2. The van der Waals surface area contributed by atoms with Gasteiger partial charge < -0.3 is 14.4 Å². The van der Waals surface area contributed by atoms with E-state index in [2.05, 4.69) is 6.07 Å². The van der Waals surface area contributed by atoms with Gasteiger partial charge in [0.25, 0.3) is 5.91 Å². The molecule has 0 saturated heterocycles. The predicted molar refractivity (Wildman–Crippen MR) is 134 cm³/mol. The fraction of sp³-hybridized carbons (Fsp3) is 0.231. The van der Waals surface area contributed by atoms with Gasteiger partial charge in [0.15, 0.2) is 0 Å². The number of methoxy groups -OCH3 is 2. The van der Waals surface area contributed by atoms with Crippen LogP contribution in [0.15, 0.2) is 60.0 Å². The van der Waals surface area contributed by atoms with E-state index in [1.807, 2.05) is 65.7 Å². The molecular weight excluding hydrogens is 456 g/mol. The summed E-state index contributed by atoms with van der Waals surface area (Å²) < 4.78 is 10.9. The number of pyridine rings is 1. The number of fused-ring (bicyclic) bond motifs is 1. The summed E-state index contributed by atoms with van der Waals surface area (Å²) in [5.41, 5.74) is 4.32. The maximum absolute atomic E-state index is 13.4. The molecule has 0 unspecified atom stereocenters. The van der Waals surface area contributed by atoms with Crippen molar-refractivity contribution in [1.29, 1.82) is 0 Å². The summed E-state index contributed by atoms with van der Waals surface area (Å²) in [4.78, 5) is 21.0. The molecule has 4 rings (SSSR count). The number of aromatic nitrogens is 1. The second kappa shape index (κ2) is 10.3. The fourth-order valence-electron chi connectivity index (χ4n) is 3.77. The number of carbonyl (C=O) groups is 1. The van der Waals surface area contributed by atoms with Crippen LogP contribution in [0.4, 0.5) is 0 Å². The molecule has 4 aromatic rings. The number of ether oxygens (including phenoxy) is 2. The molecule has 2 aromatic carbocycles. The molecule has 0 radical (unpaired) electrons. The van der Waals surface area contributed by atoms with Crippen molar-refractivity contribution in [2.75, 3.05) is 27.4 Å². The van der Waals surface area contributed by atoms with E-state index < -0.39 is 0 Å². The number of carbonyl (C=O) groups excluding carboxylic acids is 1. The molecule has 2 heterocycles. The molecule has 33 heavy (non-hydrogen) atoms. The summed E-state index contributed by atoms with van der Waals surface area (Å²) in [5, 5.41) is 3.52. The Balaban J connectivity index is 1.84. The van der Waals surface area contributed by atoms with Crippen molar-refractivity contribution in [3.8, 4) is 17.0 Å². The second-order valence-electron chi connectivity index (χ2n) is 7.69. The molecule has 5 nitrogen and oxygen atoms in total. The smallest absolute Gasteiger partial charge is 0.264 e. The number of halogens is 1. The van der Waals surface area contributed by atoms with E-state index >= 15 is 0 Å². The number of benzene rings is 2. The highest BCUT2D eigenvalue weighted by Crippen LogP contribution is 2.34. The van der Waals surface area contributed by atoms with Crippen LogP contribution in [0.2, 0.25) is 5.02 Å². The fourth-order valence-corrected chi connectivity index (χ4v) is 4.83. The summed E-state index contributed by atoms with van der Waals surface area (Å²) >= 11 is 7.70. The summed E-state index contributed by atoms with van der Waals surface area (Å²) in [6.45, 7) is 3.26. The van der Waals surface area contributed by atoms with Gasteiger partial charge in [-0.15, -0.1) is 11.3 Å². The van der Waals surface area contributed by atoms with Crippen LogP contribution in [0, 0.1) is 6.92 Å². The predicted octanol–water partition coefficient (Wildman–Crippen LogP) is 6.22. The van der Waals surface area contributed by atoms with Crippen molar-refractivity contribution in [2.24, 2.45) is 0 Å². The Morgan fingerprint density at radius 1 is 1.12 bits per heavy atom. The first-order valence-corrected chi connectivity index (χ1v) is 11.8. The average Bonchev–Trinajstić information content (AvgIpc) is 3.26. The number of aryl methyl sites for hydroxylation is 1. The lowest BCUT2D eigenvalue weighted by Gasteiger charge is -2.24. The Labute approximate surface area is 202 Å². The Hall–Kier alpha value is -2.93. The zero-order valence-electron chi connectivity index (χ0n) is 18.8. The van der Waals surface area contributed by atoms with Gasteiger partial charge in [0.2, 0.25) is 0 Å². The van der Waals surface area contributed by atoms with E-state index in [1.165, 1.54) is 11.3 Å². The monoisotopic (exact) mass is 480 g/mol. The minimum Gasteiger partial charge on any atom is -0.496 e. The Bertz CT molecular complexity index is 1290. The topological polar surface area (TPSA) is 51.7 Å². The molecular formula is C26H25ClN2O3S. The lowest BCUT2D eigenvalue weighted by Crippen LogP contribution is -2.33. The molecule has 0 N–H and O–H groups in total. The third kappa shape index (κ3) is 5.03. The van der Waals surface area contributed by atoms with Crippen molar-refractivity contribution in [1.82, 2.24) is 9.88 Å². The Morgan fingerprint density at radius 2 is 1.94 bits per heavy atom. The molecule has 0 bridgehead atoms. The molecule has 2 aromatic heterocycles. The molecule has 1 amide bonds. The zero-order valence-corrected chi connectivity index (χ0v) is 20.4. The highest BCUT2D eigenvalue weighted by molar-refractivity contribution is 7.12. The summed E-state index contributed by atoms with van der Waals surface area (Å²) in [5.74, 6) is 0.707. The largest absolute Gasteiger partial charge is 0.496 e. The highest BCUT2D eigenvalue weighted by atomic mass is 35.5. The summed E-state index contributed by atoms with van der Waals surface area (Å²) in [6, 6.07) is 17.5. The Morgan fingerprint density at radius 3 is 2.67 bits per heavy atom. The third-order valence-electron chi connectivity index (χ3n) is 5.49. The summed E-state index contributed by atoms with van der Waals surface area (Å²) in [7, 11) is 3.28. The van der Waals surface area contributed by atoms with Crippen LogP contribution in [0.1, 0.15) is 20.8 Å². The third-order valence-corrected chi connectivity index (χ3v) is 6.73. The first-order valence-electron chi connectivity index (χ1n) is 10.6. The van der Waals surface area contributed by atoms with Crippen LogP contribution in [0.25, 0.3) is 22.2 Å². The molecule has 170 valence electrons. The maximum Gasteiger partial charge on any atom is 0.264 e. The van der Waals surface area contributed by atoms with Crippen molar-refractivity contribution >= 4 is 39.7 Å². The van der Waals surface area contributed by atoms with Gasteiger partial charge >= 0.3 is 0 Å². The SMILES string of the molecule is COCCN(Cc1cc2ccc(Cl)cc2nc1-c1ccccc1OC)C(=O)c1sccc1C. The Kier molecular flexibility index (Phi) is 7.28. The number of nitrogens with zero attached hydrogens (tertiary/aromatic N) is 2. The van der Waals surface area contributed by atoms with Gasteiger partial charge in [0.1, 0.15) is 5.75 Å². The van der Waals surface area contributed by atoms with Crippen molar-refractivity contribution in [3.63, 3.8) is 0 Å². The maximum atomic E-state index is 13.4. The molecule has 0 aliphatic heterocycles. The average molecular weight is 481 g/mol. The first-order chi connectivity index (χ1) is 16.0. The number of hydrogen-bond donors (Lipinski definition) is 0. The van der Waals surface area contributed by atoms with E-state index in [4.69, 9.17) is 26.1 Å². The molecule has 0 saturated carbocycles. The van der Waals surface area contributed by atoms with E-state index in [9.17, 15) is 4.79 Å². The van der Waals surface area contributed by atoms with Crippen LogP contribution in [0.3, 0.4) is 0 Å². The van der Waals surface area contributed by atoms with Crippen molar-refractivity contribution in [2.45, 2.75) is 13.5 Å². The quantitative estimate of drug-likeness (QED) is 0.300. The molecule has 0 atom stereocenters. The van der Waals surface area contributed by atoms with Gasteiger partial charge in [0, 0.05) is 36.2 Å². The summed E-state index contributed by atoms with van der Waals surface area (Å²) in [6.07, 6.45) is 0. The standard InChI is InChI=1S/C26H25ClN2O3S/c1-17-10-13-33-25(17)26(30)29(11-12-31-2)16-19-14-18-8-9-20(27)15-22(18)28-24(19)21-6-4-5-7-23(21)32-3/h4-10,13-15H,11-12,16H2,1-3H3. The zero-order chi connectivity index (χ0) is 23.4. The van der Waals surface area contributed by atoms with Gasteiger partial charge in [0.05, 0.1) is 29.8 Å². The van der Waals surface area contributed by atoms with Gasteiger partial charge in [-0.05, 0) is 59.8 Å². The van der Waals surface area contributed by atoms with Crippen molar-refractivity contribution < 1.29 is 14.3 Å². The van der Waals surface area contributed by atoms with E-state index in [1.54, 1.807) is 14.2 Å². The van der Waals surface area contributed by atoms with Gasteiger partial charge in [-0.1, -0.05) is 29.8 Å². The number of rotatable bonds is 8. The van der Waals surface area contributed by atoms with Gasteiger partial charge in [-0.25, -0.2) is 4.98 Å². The van der Waals surface area contributed by atoms with Gasteiger partial charge in [-0.3, -0.25) is 4.79 Å². The molecule has 0 fully saturated rings. The minimum absolute atomic E-state index is 0.0123. The van der Waals surface area contributed by atoms with Crippen LogP contribution in [-0.2, 0) is 11.3 Å². The molecule has 0 spiro atoms. The van der Waals surface area contributed by atoms with Crippen LogP contribution < -0.4 is 4.74 Å². The lowest BCUT2D eigenvalue weighted by molar-refractivity contribution is 0.0685. The molecule has 7 heteroatoms. The number of thiophene rings is 1.